The summed E-state index contributed by atoms with van der Waals surface area (Å²) < 4.78 is 40.4. The molecule has 2 heterocycles. The van der Waals surface area contributed by atoms with Crippen LogP contribution in [0.15, 0.2) is 23.8 Å². The number of hydrogen-bond acceptors (Lipinski definition) is 2. The molecule has 1 amide bonds. The van der Waals surface area contributed by atoms with E-state index < -0.39 is 27.7 Å². The summed E-state index contributed by atoms with van der Waals surface area (Å²) >= 11 is 1.51. The van der Waals surface area contributed by atoms with Crippen LogP contribution < -0.4 is 5.32 Å². The van der Waals surface area contributed by atoms with E-state index >= 15 is 0 Å². The van der Waals surface area contributed by atoms with Crippen molar-refractivity contribution >= 4 is 33.0 Å². The average Bonchev–Trinajstić information content (AvgIpc) is 3.01. The molecule has 2 rings (SSSR count). The molecule has 2 aromatic heterocycles. The number of hydrogen-bond donors (Lipinski definition) is 1. The lowest BCUT2D eigenvalue weighted by molar-refractivity contribution is -0.137. The second kappa shape index (κ2) is 6.84. The van der Waals surface area contributed by atoms with Crippen LogP contribution in [0.1, 0.15) is 20.8 Å². The molecule has 8 heteroatoms. The molecule has 1 N–H and O–H groups in total. The third-order valence-electron chi connectivity index (χ3n) is 3.44. The second-order valence-corrected chi connectivity index (χ2v) is 12.1. The van der Waals surface area contributed by atoms with Gasteiger partial charge in [0.25, 0.3) is 5.91 Å². The van der Waals surface area contributed by atoms with Crippen LogP contribution in [0.5, 0.6) is 0 Å². The lowest BCUT2D eigenvalue weighted by Gasteiger charge is -2.24. The van der Waals surface area contributed by atoms with Gasteiger partial charge in [-0.15, -0.1) is 11.3 Å². The summed E-state index contributed by atoms with van der Waals surface area (Å²) in [6.45, 7) is 0. The molecular weight excluding hydrogens is 357 g/mol. The maximum atomic E-state index is 13.0. The molecule has 0 aliphatic rings. The Morgan fingerprint density at radius 3 is 2.54 bits per heavy atom. The summed E-state index contributed by atoms with van der Waals surface area (Å²) in [7, 11) is 0.788. The van der Waals surface area contributed by atoms with Crippen LogP contribution in [0.4, 0.5) is 18.9 Å². The van der Waals surface area contributed by atoms with Crippen LogP contribution in [-0.4, -0.2) is 35.0 Å². The van der Waals surface area contributed by atoms with Gasteiger partial charge in [-0.2, -0.15) is 13.2 Å². The minimum Gasteiger partial charge on any atom is -0.356 e. The summed E-state index contributed by atoms with van der Waals surface area (Å²) in [5.41, 5.74) is -0.673. The number of alkyl halides is 3. The van der Waals surface area contributed by atoms with Gasteiger partial charge < -0.3 is 9.88 Å². The van der Waals surface area contributed by atoms with Crippen molar-refractivity contribution in [1.29, 1.82) is 0 Å². The first-order chi connectivity index (χ1) is 11.0. The van der Waals surface area contributed by atoms with Crippen molar-refractivity contribution < 1.29 is 18.0 Å². The number of amides is 1. The van der Waals surface area contributed by atoms with Crippen molar-refractivity contribution in [3.63, 3.8) is 0 Å². The van der Waals surface area contributed by atoms with Gasteiger partial charge in [0.1, 0.15) is 0 Å². The van der Waals surface area contributed by atoms with Crippen molar-refractivity contribution in [2.75, 3.05) is 29.8 Å². The second-order valence-electron chi connectivity index (χ2n) is 6.51. The molecule has 0 atom stereocenters. The van der Waals surface area contributed by atoms with Gasteiger partial charge in [0.05, 0.1) is 16.8 Å². The number of nitrogens with zero attached hydrogens (tertiary/aromatic N) is 1. The number of thiophene rings is 1. The number of aryl methyl sites for hydroxylation is 2. The van der Waals surface area contributed by atoms with Crippen LogP contribution in [0.2, 0.25) is 0 Å². The van der Waals surface area contributed by atoms with Crippen LogP contribution in [0.25, 0.3) is 0 Å². The highest BCUT2D eigenvalue weighted by Crippen LogP contribution is 2.37. The zero-order valence-corrected chi connectivity index (χ0v) is 15.7. The Labute approximate surface area is 145 Å². The lowest BCUT2D eigenvalue weighted by Crippen LogP contribution is -2.17. The molecule has 24 heavy (non-hydrogen) atoms. The van der Waals surface area contributed by atoms with E-state index in [1.54, 1.807) is 6.07 Å². The Hall–Kier alpha value is -1.41. The zero-order valence-electron chi connectivity index (χ0n) is 14.0. The molecule has 0 aromatic carbocycles. The molecule has 0 unspecified atom stereocenters. The fourth-order valence-corrected chi connectivity index (χ4v) is 4.00. The minimum atomic E-state index is -4.55. The molecule has 0 saturated heterocycles. The van der Waals surface area contributed by atoms with Gasteiger partial charge in [0, 0.05) is 24.3 Å². The monoisotopic (exact) mass is 378 g/mol. The molecule has 0 fully saturated rings. The first-order valence-corrected chi connectivity index (χ1v) is 11.1. The molecular formula is C16H21F3N2OS2. The molecule has 0 spiro atoms. The Kier molecular flexibility index (Phi) is 5.39. The first-order valence-electron chi connectivity index (χ1n) is 7.24. The Bertz CT molecular complexity index is 726. The summed E-state index contributed by atoms with van der Waals surface area (Å²) in [5, 5.41) is 4.48. The van der Waals surface area contributed by atoms with Crippen LogP contribution >= 0.6 is 21.4 Å². The number of rotatable bonds is 5. The van der Waals surface area contributed by atoms with Gasteiger partial charge in [-0.05, 0) is 42.4 Å². The van der Waals surface area contributed by atoms with E-state index in [1.165, 1.54) is 29.1 Å². The molecule has 3 nitrogen and oxygen atoms in total. The predicted molar refractivity (Wildman–Crippen MR) is 96.6 cm³/mol. The molecule has 0 radical (unpaired) electrons. The Balaban J connectivity index is 2.19. The largest absolute Gasteiger partial charge is 0.418 e. The highest BCUT2D eigenvalue weighted by Gasteiger charge is 2.36. The summed E-state index contributed by atoms with van der Waals surface area (Å²) in [5.74, 6) is 0.279. The molecule has 0 saturated carbocycles. The number of nitrogens with one attached hydrogen (secondary N) is 1. The van der Waals surface area contributed by atoms with Gasteiger partial charge in [0.2, 0.25) is 0 Å². The predicted octanol–water partition coefficient (Wildman–Crippen LogP) is 4.59. The Morgan fingerprint density at radius 2 is 1.96 bits per heavy atom. The van der Waals surface area contributed by atoms with Crippen molar-refractivity contribution in [1.82, 2.24) is 4.57 Å². The fraction of sp³-hybridized carbons (Fsp3) is 0.438. The molecule has 0 aliphatic carbocycles. The van der Waals surface area contributed by atoms with E-state index in [9.17, 15) is 18.0 Å². The van der Waals surface area contributed by atoms with Crippen LogP contribution in [0, 0.1) is 0 Å². The van der Waals surface area contributed by atoms with Gasteiger partial charge in [0.15, 0.2) is 0 Å². The molecule has 134 valence electrons. The number of carbonyl (C=O) groups excluding carboxylic acids is 1. The van der Waals surface area contributed by atoms with Gasteiger partial charge in [-0.25, -0.2) is 10.0 Å². The Morgan fingerprint density at radius 1 is 1.29 bits per heavy atom. The van der Waals surface area contributed by atoms with Crippen molar-refractivity contribution in [2.24, 2.45) is 7.05 Å². The number of anilines is 1. The summed E-state index contributed by atoms with van der Waals surface area (Å²) in [4.78, 5) is 13.3. The van der Waals surface area contributed by atoms with Crippen LogP contribution in [0.3, 0.4) is 0 Å². The highest BCUT2D eigenvalue weighted by molar-refractivity contribution is 8.32. The average molecular weight is 378 g/mol. The van der Waals surface area contributed by atoms with Crippen molar-refractivity contribution in [2.45, 2.75) is 12.6 Å². The third kappa shape index (κ3) is 4.80. The van der Waals surface area contributed by atoms with E-state index in [0.29, 0.717) is 5.69 Å². The summed E-state index contributed by atoms with van der Waals surface area (Å²) in [6.07, 6.45) is 5.00. The molecule has 2 aromatic rings. The smallest absolute Gasteiger partial charge is 0.356 e. The molecule has 0 aliphatic heterocycles. The van der Waals surface area contributed by atoms with Gasteiger partial charge in [-0.1, -0.05) is 0 Å². The first kappa shape index (κ1) is 18.9. The maximum absolute atomic E-state index is 13.0. The van der Waals surface area contributed by atoms with Gasteiger partial charge in [-0.3, -0.25) is 4.79 Å². The fourth-order valence-electron chi connectivity index (χ4n) is 2.22. The van der Waals surface area contributed by atoms with Crippen molar-refractivity contribution in [3.8, 4) is 0 Å². The normalized spacial score (nSPS) is 13.1. The number of carbonyl (C=O) groups is 1. The van der Waals surface area contributed by atoms with E-state index in [0.717, 1.165) is 23.2 Å². The quantitative estimate of drug-likeness (QED) is 0.811. The van der Waals surface area contributed by atoms with Gasteiger partial charge >= 0.3 is 6.18 Å². The maximum Gasteiger partial charge on any atom is 0.418 e. The molecule has 0 bridgehead atoms. The van der Waals surface area contributed by atoms with E-state index in [2.05, 4.69) is 24.1 Å². The van der Waals surface area contributed by atoms with E-state index in [-0.39, 0.29) is 5.56 Å². The lowest BCUT2D eigenvalue weighted by atomic mass is 10.2. The number of aromatic nitrogens is 1. The zero-order chi connectivity index (χ0) is 18.1. The number of halogens is 3. The van der Waals surface area contributed by atoms with Crippen LogP contribution in [-0.2, 0) is 19.6 Å². The standard InChI is InChI=1S/C16H21F3N2OS2/c1-21-9-11(12(10-21)16(17,18)19)15(22)20-13-5-7-23-14(13)6-8-24(2,3)4/h5,7,9-10H,6,8H2,1-4H3,(H,20,22). The topological polar surface area (TPSA) is 34.0 Å². The summed E-state index contributed by atoms with van der Waals surface area (Å²) in [6, 6.07) is 1.74. The minimum absolute atomic E-state index is 0.358. The van der Waals surface area contributed by atoms with E-state index in [4.69, 9.17) is 0 Å². The SMILES string of the molecule is Cn1cc(C(=O)Nc2ccsc2CCS(C)(C)C)c(C(F)(F)F)c1. The van der Waals surface area contributed by atoms with E-state index in [1.807, 2.05) is 5.38 Å². The highest BCUT2D eigenvalue weighted by atomic mass is 32.3. The third-order valence-corrected chi connectivity index (χ3v) is 5.85. The van der Waals surface area contributed by atoms with Crippen molar-refractivity contribution in [3.05, 3.63) is 39.8 Å².